The lowest BCUT2D eigenvalue weighted by atomic mass is 10.1. The van der Waals surface area contributed by atoms with Gasteiger partial charge in [0.25, 0.3) is 5.91 Å². The van der Waals surface area contributed by atoms with Gasteiger partial charge in [-0.1, -0.05) is 6.07 Å². The molecule has 0 atom stereocenters. The number of nitrogens with zero attached hydrogens (tertiary/aromatic N) is 1. The van der Waals surface area contributed by atoms with Crippen LogP contribution >= 0.6 is 0 Å². The smallest absolute Gasteiger partial charge is 0.251 e. The molecule has 1 N–H and O–H groups in total. The molecule has 156 valence electrons. The van der Waals surface area contributed by atoms with Crippen LogP contribution in [0, 0.1) is 13.8 Å². The summed E-state index contributed by atoms with van der Waals surface area (Å²) in [5.74, 6) is 1.20. The molecule has 0 spiro atoms. The minimum atomic E-state index is -0.362. The molecule has 2 rings (SSSR count). The van der Waals surface area contributed by atoms with Crippen molar-refractivity contribution in [3.63, 3.8) is 0 Å². The van der Waals surface area contributed by atoms with E-state index in [1.54, 1.807) is 25.2 Å². The van der Waals surface area contributed by atoms with Gasteiger partial charge in [0.15, 0.2) is 11.5 Å². The second-order valence-corrected chi connectivity index (χ2v) is 6.74. The second-order valence-electron chi connectivity index (χ2n) is 6.74. The number of amides is 2. The predicted molar refractivity (Wildman–Crippen MR) is 111 cm³/mol. The van der Waals surface area contributed by atoms with Crippen LogP contribution in [0.1, 0.15) is 21.5 Å². The van der Waals surface area contributed by atoms with Gasteiger partial charge in [0.05, 0.1) is 27.3 Å². The van der Waals surface area contributed by atoms with Crippen LogP contribution in [0.4, 0.5) is 0 Å². The number of methoxy groups -OCH3 is 2. The highest BCUT2D eigenvalue weighted by Crippen LogP contribution is 2.27. The van der Waals surface area contributed by atoms with Gasteiger partial charge < -0.3 is 24.4 Å². The van der Waals surface area contributed by atoms with Gasteiger partial charge in [-0.3, -0.25) is 9.59 Å². The van der Waals surface area contributed by atoms with Crippen molar-refractivity contribution in [1.82, 2.24) is 10.2 Å². The van der Waals surface area contributed by atoms with Gasteiger partial charge >= 0.3 is 0 Å². The molecule has 29 heavy (non-hydrogen) atoms. The van der Waals surface area contributed by atoms with Crippen molar-refractivity contribution in [2.45, 2.75) is 13.8 Å². The Balaban J connectivity index is 1.81. The summed E-state index contributed by atoms with van der Waals surface area (Å²) in [6.45, 7) is 4.70. The fraction of sp³-hybridized carbons (Fsp3) is 0.364. The molecule has 0 heterocycles. The van der Waals surface area contributed by atoms with Crippen molar-refractivity contribution in [3.8, 4) is 17.2 Å². The number of aryl methyl sites for hydroxylation is 2. The molecule has 0 radical (unpaired) electrons. The fourth-order valence-electron chi connectivity index (χ4n) is 2.81. The van der Waals surface area contributed by atoms with E-state index in [1.165, 1.54) is 19.1 Å². The Bertz CT molecular complexity index is 846. The van der Waals surface area contributed by atoms with Crippen LogP contribution in [0.5, 0.6) is 17.2 Å². The van der Waals surface area contributed by atoms with Gasteiger partial charge in [-0.2, -0.15) is 0 Å². The average molecular weight is 400 g/mol. The maximum Gasteiger partial charge on any atom is 0.251 e. The highest BCUT2D eigenvalue weighted by molar-refractivity contribution is 5.97. The standard InChI is InChI=1S/C22H28N2O5/c1-15-10-16(2)12-18(11-15)29-9-8-24(3)21(25)14-23-22(26)17-6-7-19(27-4)20(13-17)28-5/h6-7,10-13H,8-9,14H2,1-5H3,(H,23,26). The summed E-state index contributed by atoms with van der Waals surface area (Å²) in [5, 5.41) is 2.62. The number of hydrogen-bond acceptors (Lipinski definition) is 5. The number of rotatable bonds is 9. The summed E-state index contributed by atoms with van der Waals surface area (Å²) in [7, 11) is 4.70. The largest absolute Gasteiger partial charge is 0.493 e. The lowest BCUT2D eigenvalue weighted by molar-refractivity contribution is -0.129. The minimum absolute atomic E-state index is 0.104. The van der Waals surface area contributed by atoms with Gasteiger partial charge in [0, 0.05) is 12.6 Å². The zero-order valence-corrected chi connectivity index (χ0v) is 17.6. The third-order valence-corrected chi connectivity index (χ3v) is 4.36. The van der Waals surface area contributed by atoms with Crippen molar-refractivity contribution < 1.29 is 23.8 Å². The number of nitrogens with one attached hydrogen (secondary N) is 1. The Labute approximate surface area is 171 Å². The van der Waals surface area contributed by atoms with Gasteiger partial charge in [-0.05, 0) is 55.3 Å². The first-order valence-electron chi connectivity index (χ1n) is 9.29. The van der Waals surface area contributed by atoms with E-state index in [0.717, 1.165) is 16.9 Å². The average Bonchev–Trinajstić information content (AvgIpc) is 2.70. The second kappa shape index (κ2) is 10.4. The SMILES string of the molecule is COc1ccc(C(=O)NCC(=O)N(C)CCOc2cc(C)cc(C)c2)cc1OC. The molecule has 2 amide bonds. The van der Waals surface area contributed by atoms with Crippen LogP contribution in [0.15, 0.2) is 36.4 Å². The summed E-state index contributed by atoms with van der Waals surface area (Å²) >= 11 is 0. The molecule has 7 heteroatoms. The van der Waals surface area contributed by atoms with E-state index in [0.29, 0.717) is 30.2 Å². The van der Waals surface area contributed by atoms with Gasteiger partial charge in [-0.15, -0.1) is 0 Å². The number of likely N-dealkylation sites (N-methyl/N-ethyl adjacent to an activating group) is 1. The number of hydrogen-bond donors (Lipinski definition) is 1. The van der Waals surface area contributed by atoms with E-state index in [-0.39, 0.29) is 18.4 Å². The van der Waals surface area contributed by atoms with Gasteiger partial charge in [-0.25, -0.2) is 0 Å². The van der Waals surface area contributed by atoms with Crippen molar-refractivity contribution >= 4 is 11.8 Å². The fourth-order valence-corrected chi connectivity index (χ4v) is 2.81. The number of ether oxygens (including phenoxy) is 3. The first-order valence-corrected chi connectivity index (χ1v) is 9.29. The molecule has 0 saturated heterocycles. The van der Waals surface area contributed by atoms with Crippen molar-refractivity contribution in [2.75, 3.05) is 41.0 Å². The maximum absolute atomic E-state index is 12.3. The van der Waals surface area contributed by atoms with E-state index in [2.05, 4.69) is 11.4 Å². The molecule has 0 aliphatic carbocycles. The van der Waals surface area contributed by atoms with E-state index >= 15 is 0 Å². The first kappa shape index (κ1) is 22.1. The topological polar surface area (TPSA) is 77.1 Å². The molecule has 0 aliphatic heterocycles. The normalized spacial score (nSPS) is 10.2. The molecule has 0 bridgehead atoms. The van der Waals surface area contributed by atoms with Gasteiger partial charge in [0.1, 0.15) is 12.4 Å². The molecule has 2 aromatic rings. The number of carbonyl (C=O) groups excluding carboxylic acids is 2. The van der Waals surface area contributed by atoms with E-state index in [4.69, 9.17) is 14.2 Å². The third kappa shape index (κ3) is 6.41. The van der Waals surface area contributed by atoms with E-state index < -0.39 is 0 Å². The Morgan fingerprint density at radius 1 is 0.966 bits per heavy atom. The van der Waals surface area contributed by atoms with Crippen LogP contribution < -0.4 is 19.5 Å². The molecule has 0 aliphatic rings. The molecular formula is C22H28N2O5. The van der Waals surface area contributed by atoms with E-state index in [9.17, 15) is 9.59 Å². The van der Waals surface area contributed by atoms with Crippen LogP contribution in [0.2, 0.25) is 0 Å². The van der Waals surface area contributed by atoms with Crippen LogP contribution in [0.25, 0.3) is 0 Å². The monoisotopic (exact) mass is 400 g/mol. The lowest BCUT2D eigenvalue weighted by Gasteiger charge is -2.18. The molecule has 0 saturated carbocycles. The zero-order valence-electron chi connectivity index (χ0n) is 17.6. The van der Waals surface area contributed by atoms with Gasteiger partial charge in [0.2, 0.25) is 5.91 Å². The summed E-state index contributed by atoms with van der Waals surface area (Å²) in [4.78, 5) is 26.1. The Hall–Kier alpha value is -3.22. The van der Waals surface area contributed by atoms with Crippen LogP contribution in [-0.4, -0.2) is 57.7 Å². The highest BCUT2D eigenvalue weighted by Gasteiger charge is 2.14. The van der Waals surface area contributed by atoms with Crippen molar-refractivity contribution in [2.24, 2.45) is 0 Å². The molecule has 2 aromatic carbocycles. The van der Waals surface area contributed by atoms with Crippen molar-refractivity contribution in [3.05, 3.63) is 53.1 Å². The quantitative estimate of drug-likeness (QED) is 0.700. The number of carbonyl (C=O) groups is 2. The minimum Gasteiger partial charge on any atom is -0.493 e. The molecule has 0 aromatic heterocycles. The third-order valence-electron chi connectivity index (χ3n) is 4.36. The Kier molecular flexibility index (Phi) is 7.88. The summed E-state index contributed by atoms with van der Waals surface area (Å²) in [6, 6.07) is 10.8. The molecule has 0 fully saturated rings. The first-order chi connectivity index (χ1) is 13.8. The summed E-state index contributed by atoms with van der Waals surface area (Å²) < 4.78 is 16.1. The Morgan fingerprint density at radius 3 is 2.24 bits per heavy atom. The summed E-state index contributed by atoms with van der Waals surface area (Å²) in [5.41, 5.74) is 2.64. The Morgan fingerprint density at radius 2 is 1.62 bits per heavy atom. The van der Waals surface area contributed by atoms with Crippen LogP contribution in [0.3, 0.4) is 0 Å². The maximum atomic E-state index is 12.3. The molecule has 7 nitrogen and oxygen atoms in total. The lowest BCUT2D eigenvalue weighted by Crippen LogP contribution is -2.39. The number of benzene rings is 2. The van der Waals surface area contributed by atoms with Crippen molar-refractivity contribution in [1.29, 1.82) is 0 Å². The molecule has 0 unspecified atom stereocenters. The summed E-state index contributed by atoms with van der Waals surface area (Å²) in [6.07, 6.45) is 0. The van der Waals surface area contributed by atoms with E-state index in [1.807, 2.05) is 26.0 Å². The van der Waals surface area contributed by atoms with Crippen LogP contribution in [-0.2, 0) is 4.79 Å². The predicted octanol–water partition coefficient (Wildman–Crippen LogP) is 2.59. The highest BCUT2D eigenvalue weighted by atomic mass is 16.5. The zero-order chi connectivity index (χ0) is 21.4. The molecular weight excluding hydrogens is 372 g/mol.